The van der Waals surface area contributed by atoms with Crippen LogP contribution in [0.1, 0.15) is 91.7 Å². The second-order valence-corrected chi connectivity index (χ2v) is 16.7. The van der Waals surface area contributed by atoms with Gasteiger partial charge in [0, 0.05) is 22.8 Å². The summed E-state index contributed by atoms with van der Waals surface area (Å²) < 4.78 is 125. The summed E-state index contributed by atoms with van der Waals surface area (Å²) in [6.07, 6.45) is 4.88. The van der Waals surface area contributed by atoms with E-state index in [0.29, 0.717) is 6.04 Å². The van der Waals surface area contributed by atoms with Gasteiger partial charge in [0.05, 0.1) is 5.56 Å². The second-order valence-electron chi connectivity index (χ2n) is 11.9. The van der Waals surface area contributed by atoms with Crippen LogP contribution in [-0.2, 0) is 5.92 Å². The van der Waals surface area contributed by atoms with Crippen molar-refractivity contribution in [2.45, 2.75) is 104 Å². The molecule has 3 rings (SSSR count). The van der Waals surface area contributed by atoms with Crippen LogP contribution in [0.5, 0.6) is 5.75 Å². The van der Waals surface area contributed by atoms with Gasteiger partial charge in [0.25, 0.3) is 8.32 Å². The molecule has 0 heterocycles. The van der Waals surface area contributed by atoms with Crippen molar-refractivity contribution in [1.82, 2.24) is 0 Å². The van der Waals surface area contributed by atoms with Gasteiger partial charge >= 0.3 is 5.92 Å². The summed E-state index contributed by atoms with van der Waals surface area (Å²) in [5.41, 5.74) is -7.03. The third-order valence-electron chi connectivity index (χ3n) is 7.96. The molecule has 0 amide bonds. The molecule has 1 aliphatic rings. The van der Waals surface area contributed by atoms with E-state index >= 15 is 22.0 Å². The van der Waals surface area contributed by atoms with Gasteiger partial charge in [0.2, 0.25) is 5.82 Å². The van der Waals surface area contributed by atoms with Crippen molar-refractivity contribution in [1.29, 1.82) is 0 Å². The molecule has 2 aromatic rings. The van der Waals surface area contributed by atoms with Gasteiger partial charge in [-0.05, 0) is 29.0 Å². The smallest absolute Gasteiger partial charge is 0.303 e. The van der Waals surface area contributed by atoms with Gasteiger partial charge in [-0.2, -0.15) is 13.2 Å². The molecule has 0 saturated carbocycles. The first-order valence-electron chi connectivity index (χ1n) is 13.3. The Morgan fingerprint density at radius 1 is 0.795 bits per heavy atom. The van der Waals surface area contributed by atoms with Crippen LogP contribution in [0.3, 0.4) is 0 Å². The molecule has 217 valence electrons. The molecule has 2 aromatic carbocycles. The Balaban J connectivity index is 2.21. The van der Waals surface area contributed by atoms with Crippen LogP contribution in [0.4, 0.5) is 35.1 Å². The Hall–Kier alpha value is -2.10. The van der Waals surface area contributed by atoms with Crippen molar-refractivity contribution in [2.75, 3.05) is 0 Å². The molecule has 0 atom stereocenters. The standard InChI is InChI=1S/C29H35F8OSi/c1-8-9-10-11-12-28(6,7)14-39(15(2)3,16(4)5)38-27-24(33)20-19-17(13-18(30)22(31)23(19)32)29(36,37)21(20)25(34)26(27)35/h15-16H,8-12,14H2,1-7H3. The predicted octanol–water partition coefficient (Wildman–Crippen LogP) is 10.6. The van der Waals surface area contributed by atoms with Crippen LogP contribution < -0.4 is 4.43 Å². The van der Waals surface area contributed by atoms with Crippen LogP contribution in [0.25, 0.3) is 11.1 Å². The van der Waals surface area contributed by atoms with Gasteiger partial charge in [-0.3, -0.25) is 0 Å². The highest BCUT2D eigenvalue weighted by Crippen LogP contribution is 2.57. The third-order valence-corrected chi connectivity index (χ3v) is 14.0. The van der Waals surface area contributed by atoms with Gasteiger partial charge in [-0.15, -0.1) is 0 Å². The first kappa shape index (κ1) is 31.4. The van der Waals surface area contributed by atoms with E-state index in [4.69, 9.17) is 4.43 Å². The molecule has 0 aromatic heterocycles. The van der Waals surface area contributed by atoms with Gasteiger partial charge in [0.15, 0.2) is 34.8 Å². The summed E-state index contributed by atoms with van der Waals surface area (Å²) in [6.45, 7) is 13.4. The van der Waals surface area contributed by atoms with Crippen molar-refractivity contribution in [3.63, 3.8) is 0 Å². The number of rotatable bonds is 11. The lowest BCUT2D eigenvalue weighted by Crippen LogP contribution is -2.51. The summed E-state index contributed by atoms with van der Waals surface area (Å²) in [6, 6.07) is 1.78. The number of alkyl halides is 2. The van der Waals surface area contributed by atoms with Crippen molar-refractivity contribution in [2.24, 2.45) is 5.41 Å². The molecule has 0 spiro atoms. The van der Waals surface area contributed by atoms with Crippen LogP contribution in [0, 0.1) is 46.4 Å². The summed E-state index contributed by atoms with van der Waals surface area (Å²) >= 11 is 0. The monoisotopic (exact) mass is 579 g/mol. The molecule has 0 N–H and O–H groups in total. The summed E-state index contributed by atoms with van der Waals surface area (Å²) in [5.74, 6) is -18.1. The fourth-order valence-corrected chi connectivity index (χ4v) is 10.7. The van der Waals surface area contributed by atoms with Gasteiger partial charge in [-0.1, -0.05) is 74.1 Å². The SMILES string of the molecule is CCCCCCC(C)(C)C[Si](Oc1c(F)c(F)c2c(c1F)-c1c([c]c(F)c(F)c1F)C2(F)F)(C(C)C)C(C)C. The summed E-state index contributed by atoms with van der Waals surface area (Å²) in [5, 5.41) is 0. The molecule has 1 aliphatic carbocycles. The van der Waals surface area contributed by atoms with E-state index in [2.05, 4.69) is 6.92 Å². The molecule has 0 aliphatic heterocycles. The molecule has 0 saturated heterocycles. The van der Waals surface area contributed by atoms with Gasteiger partial charge < -0.3 is 4.43 Å². The third kappa shape index (κ3) is 5.34. The minimum absolute atomic E-state index is 0.243. The van der Waals surface area contributed by atoms with Crippen LogP contribution >= 0.6 is 0 Å². The highest BCUT2D eigenvalue weighted by molar-refractivity contribution is 6.77. The number of halogens is 8. The molecule has 10 heteroatoms. The lowest BCUT2D eigenvalue weighted by molar-refractivity contribution is 0.0422. The largest absolute Gasteiger partial charge is 0.539 e. The minimum atomic E-state index is -4.56. The first-order valence-corrected chi connectivity index (χ1v) is 15.6. The number of hydrogen-bond acceptors (Lipinski definition) is 1. The summed E-state index contributed by atoms with van der Waals surface area (Å²) in [4.78, 5) is 0. The van der Waals surface area contributed by atoms with Crippen molar-refractivity contribution in [3.8, 4) is 16.9 Å². The highest BCUT2D eigenvalue weighted by atomic mass is 28.4. The molecule has 0 unspecified atom stereocenters. The molecule has 1 nitrogen and oxygen atoms in total. The zero-order chi connectivity index (χ0) is 29.7. The van der Waals surface area contributed by atoms with Crippen LogP contribution in [-0.4, -0.2) is 8.32 Å². The van der Waals surface area contributed by atoms with Gasteiger partial charge in [0.1, 0.15) is 0 Å². The normalized spacial score (nSPS) is 14.8. The van der Waals surface area contributed by atoms with E-state index in [9.17, 15) is 13.2 Å². The lowest BCUT2D eigenvalue weighted by atomic mass is 9.89. The minimum Gasteiger partial charge on any atom is -0.539 e. The molecule has 39 heavy (non-hydrogen) atoms. The Morgan fingerprint density at radius 3 is 1.92 bits per heavy atom. The Kier molecular flexibility index (Phi) is 8.90. The maximum Gasteiger partial charge on any atom is 0.303 e. The van der Waals surface area contributed by atoms with E-state index < -0.39 is 77.1 Å². The fourth-order valence-electron chi connectivity index (χ4n) is 5.80. The predicted molar refractivity (Wildman–Crippen MR) is 137 cm³/mol. The fraction of sp³-hybridized carbons (Fsp3) is 0.586. The first-order chi connectivity index (χ1) is 17.9. The molecular formula is C29H35F8OSi. The number of unbranched alkanes of at least 4 members (excludes halogenated alkanes) is 3. The van der Waals surface area contributed by atoms with Crippen molar-refractivity contribution < 1.29 is 39.5 Å². The second kappa shape index (κ2) is 11.1. The van der Waals surface area contributed by atoms with E-state index in [1.165, 1.54) is 6.07 Å². The molecule has 0 fully saturated rings. The molecular weight excluding hydrogens is 544 g/mol. The zero-order valence-corrected chi connectivity index (χ0v) is 24.3. The summed E-state index contributed by atoms with van der Waals surface area (Å²) in [7, 11) is -3.24. The van der Waals surface area contributed by atoms with Gasteiger partial charge in [-0.25, -0.2) is 22.0 Å². The highest BCUT2D eigenvalue weighted by Gasteiger charge is 2.54. The lowest BCUT2D eigenvalue weighted by Gasteiger charge is -2.44. The number of hydrogen-bond donors (Lipinski definition) is 0. The maximum atomic E-state index is 16.0. The Labute approximate surface area is 226 Å². The molecule has 0 bridgehead atoms. The topological polar surface area (TPSA) is 9.23 Å². The Morgan fingerprint density at radius 2 is 1.38 bits per heavy atom. The van der Waals surface area contributed by atoms with Crippen molar-refractivity contribution in [3.05, 3.63) is 52.1 Å². The van der Waals surface area contributed by atoms with Crippen LogP contribution in [0.2, 0.25) is 17.1 Å². The zero-order valence-electron chi connectivity index (χ0n) is 23.3. The average Bonchev–Trinajstić information content (AvgIpc) is 3.07. The number of benzene rings is 2. The Bertz CT molecular complexity index is 1230. The van der Waals surface area contributed by atoms with Crippen molar-refractivity contribution >= 4 is 8.32 Å². The number of fused-ring (bicyclic) bond motifs is 3. The van der Waals surface area contributed by atoms with E-state index in [1.807, 2.05) is 41.5 Å². The maximum absolute atomic E-state index is 16.0. The van der Waals surface area contributed by atoms with E-state index in [-0.39, 0.29) is 16.5 Å². The van der Waals surface area contributed by atoms with Crippen LogP contribution in [0.15, 0.2) is 0 Å². The van der Waals surface area contributed by atoms with E-state index in [1.54, 1.807) is 0 Å². The van der Waals surface area contributed by atoms with E-state index in [0.717, 1.165) is 32.1 Å². The quantitative estimate of drug-likeness (QED) is 0.0846. The average molecular weight is 580 g/mol. The molecule has 1 radical (unpaired) electrons.